The lowest BCUT2D eigenvalue weighted by molar-refractivity contribution is 0.0880. The highest BCUT2D eigenvalue weighted by molar-refractivity contribution is 5.68. The Morgan fingerprint density at radius 1 is 1.12 bits per heavy atom. The van der Waals surface area contributed by atoms with Gasteiger partial charge in [-0.15, -0.1) is 0 Å². The summed E-state index contributed by atoms with van der Waals surface area (Å²) in [7, 11) is 1.91. The number of rotatable bonds is 4. The van der Waals surface area contributed by atoms with E-state index in [0.29, 0.717) is 6.61 Å². The molecule has 0 radical (unpaired) electrons. The van der Waals surface area contributed by atoms with E-state index in [0.717, 1.165) is 24.2 Å². The molecule has 1 heterocycles. The van der Waals surface area contributed by atoms with Gasteiger partial charge in [-0.2, -0.15) is 0 Å². The van der Waals surface area contributed by atoms with Gasteiger partial charge in [-0.1, -0.05) is 49.9 Å². The fraction of sp³-hybridized carbons (Fsp3) is 0.750. The molecule has 1 aliphatic heterocycles. The van der Waals surface area contributed by atoms with E-state index in [1.807, 2.05) is 18.9 Å². The molecular weight excluding hydrogens is 396 g/mol. The summed E-state index contributed by atoms with van der Waals surface area (Å²) >= 11 is 0. The summed E-state index contributed by atoms with van der Waals surface area (Å²) in [5.74, 6) is 2.96. The molecule has 5 rings (SSSR count). The van der Waals surface area contributed by atoms with Gasteiger partial charge in [0.2, 0.25) is 0 Å². The minimum absolute atomic E-state index is 0. The van der Waals surface area contributed by atoms with Gasteiger partial charge in [-0.05, 0) is 87.4 Å². The van der Waals surface area contributed by atoms with Gasteiger partial charge in [0.15, 0.2) is 0 Å². The Labute approximate surface area is 196 Å². The first-order valence-electron chi connectivity index (χ1n) is 13.3. The van der Waals surface area contributed by atoms with Crippen LogP contribution in [0.5, 0.6) is 0 Å². The average molecular weight is 441 g/mol. The van der Waals surface area contributed by atoms with Crippen molar-refractivity contribution >= 4 is 6.09 Å². The Kier molecular flexibility index (Phi) is 6.51. The fourth-order valence-corrected chi connectivity index (χ4v) is 7.67. The first kappa shape index (κ1) is 22.3. The number of piperidine rings is 1. The van der Waals surface area contributed by atoms with E-state index < -0.39 is 0 Å². The van der Waals surface area contributed by atoms with E-state index in [9.17, 15) is 4.79 Å². The third kappa shape index (κ3) is 4.32. The molecule has 3 aliphatic carbocycles. The molecule has 3 fully saturated rings. The Morgan fingerprint density at radius 3 is 2.72 bits per heavy atom. The van der Waals surface area contributed by atoms with E-state index in [1.165, 1.54) is 88.5 Å². The predicted octanol–water partition coefficient (Wildman–Crippen LogP) is 6.41. The molecule has 4 heteroatoms. The van der Waals surface area contributed by atoms with Gasteiger partial charge in [0.25, 0.3) is 0 Å². The van der Waals surface area contributed by atoms with Gasteiger partial charge in [0, 0.05) is 20.4 Å². The number of carbonyl (C=O) groups excluding carboxylic acids is 1. The Balaban J connectivity index is 0.00000259. The standard InChI is InChI=1S/C28H42N2O2.H2/c1-3-32-27(31)29(2)26-19-28(25-10-5-4-9-24(25)26)13-15-30(16-14-28)20-23-12-11-21-7-6-8-22(17-21)18-23;/h4-5,9-10,21-23,26H,3,6-8,11-20H2,1-2H3;1H/t21-,22+,23+,26+;/m1./s1. The molecule has 178 valence electrons. The number of benzene rings is 1. The van der Waals surface area contributed by atoms with Gasteiger partial charge in [0.1, 0.15) is 0 Å². The highest BCUT2D eigenvalue weighted by Gasteiger charge is 2.47. The summed E-state index contributed by atoms with van der Waals surface area (Å²) in [6, 6.07) is 9.01. The minimum Gasteiger partial charge on any atom is -0.450 e. The Bertz CT molecular complexity index is 807. The molecular formula is C28H44N2O2. The van der Waals surface area contributed by atoms with Crippen LogP contribution < -0.4 is 0 Å². The van der Waals surface area contributed by atoms with Gasteiger partial charge in [0.05, 0.1) is 12.6 Å². The molecule has 1 spiro atoms. The number of hydrogen-bond donors (Lipinski definition) is 0. The van der Waals surface area contributed by atoms with Crippen LogP contribution in [0.2, 0.25) is 0 Å². The second kappa shape index (κ2) is 9.37. The van der Waals surface area contributed by atoms with Crippen molar-refractivity contribution in [3.63, 3.8) is 0 Å². The highest BCUT2D eigenvalue weighted by atomic mass is 16.6. The van der Waals surface area contributed by atoms with Crippen molar-refractivity contribution in [1.82, 2.24) is 9.80 Å². The number of likely N-dealkylation sites (tertiary alicyclic amines) is 1. The fourth-order valence-electron chi connectivity index (χ4n) is 7.67. The normalized spacial score (nSPS) is 31.7. The molecule has 2 bridgehead atoms. The van der Waals surface area contributed by atoms with Gasteiger partial charge < -0.3 is 14.5 Å². The van der Waals surface area contributed by atoms with Crippen LogP contribution in [0.4, 0.5) is 4.79 Å². The van der Waals surface area contributed by atoms with Crippen LogP contribution in [0.25, 0.3) is 0 Å². The summed E-state index contributed by atoms with van der Waals surface area (Å²) in [6.07, 6.45) is 13.7. The molecule has 1 saturated heterocycles. The molecule has 0 aromatic heterocycles. The number of hydrogen-bond acceptors (Lipinski definition) is 3. The van der Waals surface area contributed by atoms with Crippen molar-refractivity contribution in [2.24, 2.45) is 17.8 Å². The van der Waals surface area contributed by atoms with Crippen LogP contribution in [0.3, 0.4) is 0 Å². The number of fused-ring (bicyclic) bond motifs is 4. The molecule has 4 aliphatic rings. The zero-order chi connectivity index (χ0) is 22.1. The second-order valence-corrected chi connectivity index (χ2v) is 11.3. The maximum Gasteiger partial charge on any atom is 0.410 e. The van der Waals surface area contributed by atoms with Crippen LogP contribution in [0.1, 0.15) is 89.7 Å². The van der Waals surface area contributed by atoms with Crippen LogP contribution in [-0.2, 0) is 10.2 Å². The summed E-state index contributed by atoms with van der Waals surface area (Å²) < 4.78 is 5.33. The monoisotopic (exact) mass is 440 g/mol. The maximum atomic E-state index is 12.5. The van der Waals surface area contributed by atoms with Crippen LogP contribution in [0, 0.1) is 17.8 Å². The topological polar surface area (TPSA) is 32.8 Å². The first-order chi connectivity index (χ1) is 15.6. The molecule has 1 amide bonds. The summed E-state index contributed by atoms with van der Waals surface area (Å²) in [4.78, 5) is 17.1. The third-order valence-corrected chi connectivity index (χ3v) is 9.37. The van der Waals surface area contributed by atoms with E-state index in [-0.39, 0.29) is 19.0 Å². The summed E-state index contributed by atoms with van der Waals surface area (Å²) in [6.45, 7) is 6.03. The van der Waals surface area contributed by atoms with Crippen molar-refractivity contribution in [1.29, 1.82) is 0 Å². The number of carbonyl (C=O) groups is 1. The van der Waals surface area contributed by atoms with E-state index in [1.54, 1.807) is 0 Å². The molecule has 0 N–H and O–H groups in total. The molecule has 4 nitrogen and oxygen atoms in total. The van der Waals surface area contributed by atoms with Crippen LogP contribution >= 0.6 is 0 Å². The highest BCUT2D eigenvalue weighted by Crippen LogP contribution is 2.52. The molecule has 32 heavy (non-hydrogen) atoms. The summed E-state index contributed by atoms with van der Waals surface area (Å²) in [5, 5.41) is 0. The van der Waals surface area contributed by atoms with Gasteiger partial charge >= 0.3 is 6.09 Å². The largest absolute Gasteiger partial charge is 0.450 e. The van der Waals surface area contributed by atoms with E-state index in [2.05, 4.69) is 29.2 Å². The molecule has 2 saturated carbocycles. The van der Waals surface area contributed by atoms with Crippen molar-refractivity contribution in [3.05, 3.63) is 35.4 Å². The predicted molar refractivity (Wildman–Crippen MR) is 131 cm³/mol. The smallest absolute Gasteiger partial charge is 0.410 e. The van der Waals surface area contributed by atoms with Crippen LogP contribution in [0.15, 0.2) is 24.3 Å². The lowest BCUT2D eigenvalue weighted by Crippen LogP contribution is -2.44. The average Bonchev–Trinajstić information content (AvgIpc) is 3.05. The zero-order valence-electron chi connectivity index (χ0n) is 20.2. The minimum atomic E-state index is -0.194. The lowest BCUT2D eigenvalue weighted by atomic mass is 9.73. The number of amides is 1. The van der Waals surface area contributed by atoms with Crippen molar-refractivity contribution in [2.45, 2.75) is 82.6 Å². The van der Waals surface area contributed by atoms with E-state index in [4.69, 9.17) is 4.74 Å². The van der Waals surface area contributed by atoms with Crippen molar-refractivity contribution in [3.8, 4) is 0 Å². The quantitative estimate of drug-likeness (QED) is 0.543. The SMILES string of the molecule is CCOC(=O)N(C)[C@H]1CC2(CCN(C[C@H]3CC[C@H]4CCC[C@@H](C4)C3)CC2)c2ccccc21.[HH]. The third-order valence-electron chi connectivity index (χ3n) is 9.37. The molecule has 4 atom stereocenters. The second-order valence-electron chi connectivity index (χ2n) is 11.3. The number of nitrogens with zero attached hydrogens (tertiary/aromatic N) is 2. The van der Waals surface area contributed by atoms with Crippen molar-refractivity contribution < 1.29 is 11.0 Å². The maximum absolute atomic E-state index is 12.5. The Morgan fingerprint density at radius 2 is 1.91 bits per heavy atom. The Hall–Kier alpha value is -1.55. The number of ether oxygens (including phenoxy) is 1. The zero-order valence-corrected chi connectivity index (χ0v) is 20.2. The van der Waals surface area contributed by atoms with Gasteiger partial charge in [-0.25, -0.2) is 4.79 Å². The first-order valence-corrected chi connectivity index (χ1v) is 13.3. The molecule has 0 unspecified atom stereocenters. The van der Waals surface area contributed by atoms with Crippen molar-refractivity contribution in [2.75, 3.05) is 33.3 Å². The van der Waals surface area contributed by atoms with Gasteiger partial charge in [-0.3, -0.25) is 0 Å². The lowest BCUT2D eigenvalue weighted by Gasteiger charge is -2.42. The molecule has 1 aromatic rings. The van der Waals surface area contributed by atoms with E-state index >= 15 is 0 Å². The summed E-state index contributed by atoms with van der Waals surface area (Å²) in [5.41, 5.74) is 3.05. The van der Waals surface area contributed by atoms with Crippen LogP contribution in [-0.4, -0.2) is 49.2 Å². The molecule has 1 aromatic carbocycles.